The lowest BCUT2D eigenvalue weighted by molar-refractivity contribution is -0.173. The second-order valence-electron chi connectivity index (χ2n) is 9.07. The number of aromatic nitrogens is 2. The summed E-state index contributed by atoms with van der Waals surface area (Å²) in [5.74, 6) is -0.736. The Kier molecular flexibility index (Phi) is 7.00. The van der Waals surface area contributed by atoms with Gasteiger partial charge in [0, 0.05) is 6.42 Å². The van der Waals surface area contributed by atoms with E-state index in [0.29, 0.717) is 24.0 Å². The van der Waals surface area contributed by atoms with Crippen LogP contribution in [0.15, 0.2) is 60.8 Å². The van der Waals surface area contributed by atoms with Crippen molar-refractivity contribution in [2.75, 3.05) is 5.32 Å². The third-order valence-corrected chi connectivity index (χ3v) is 7.01. The number of halogens is 6. The van der Waals surface area contributed by atoms with Crippen LogP contribution in [0.4, 0.5) is 32.2 Å². The van der Waals surface area contributed by atoms with Gasteiger partial charge in [-0.3, -0.25) is 4.79 Å². The summed E-state index contributed by atoms with van der Waals surface area (Å²) in [6.07, 6.45) is -7.63. The van der Waals surface area contributed by atoms with Crippen LogP contribution in [0, 0.1) is 0 Å². The van der Waals surface area contributed by atoms with Gasteiger partial charge in [-0.05, 0) is 36.1 Å². The largest absolute Gasteiger partial charge is 0.416 e. The average molecular weight is 525 g/mol. The van der Waals surface area contributed by atoms with Gasteiger partial charge in [0.1, 0.15) is 11.4 Å². The number of hydrogen-bond donors (Lipinski definition) is 2. The van der Waals surface area contributed by atoms with Gasteiger partial charge in [-0.25, -0.2) is 4.68 Å². The molecule has 11 heteroatoms. The van der Waals surface area contributed by atoms with Crippen LogP contribution < -0.4 is 10.6 Å². The standard InChI is InChI=1S/C26H26F6N4O/c1-3-24(4-2,17-10-12-18(13-11-17)25(27,28)29)35-23(37)19-15-33-36-21(26(30,31)32)14-20(34-22(19)36)16-8-6-5-7-9-16/h5-13,15,20-21,34H,3-4,14H2,1-2H3,(H,35,37). The van der Waals surface area contributed by atoms with Crippen molar-refractivity contribution in [2.24, 2.45) is 0 Å². The Morgan fingerprint density at radius 1 is 0.973 bits per heavy atom. The van der Waals surface area contributed by atoms with Crippen LogP contribution in [-0.4, -0.2) is 21.9 Å². The number of nitrogens with zero attached hydrogens (tertiary/aromatic N) is 2. The molecule has 1 aliphatic rings. The Bertz CT molecular complexity index is 1230. The van der Waals surface area contributed by atoms with E-state index in [0.717, 1.165) is 23.0 Å². The van der Waals surface area contributed by atoms with Gasteiger partial charge < -0.3 is 10.6 Å². The Morgan fingerprint density at radius 2 is 1.57 bits per heavy atom. The van der Waals surface area contributed by atoms with E-state index in [1.807, 2.05) is 0 Å². The van der Waals surface area contributed by atoms with Crippen LogP contribution in [0.1, 0.15) is 72.2 Å². The fraction of sp³-hybridized carbons (Fsp3) is 0.385. The molecular weight excluding hydrogens is 498 g/mol. The Labute approximate surface area is 209 Å². The summed E-state index contributed by atoms with van der Waals surface area (Å²) in [4.78, 5) is 13.4. The molecule has 198 valence electrons. The van der Waals surface area contributed by atoms with E-state index in [4.69, 9.17) is 0 Å². The predicted octanol–water partition coefficient (Wildman–Crippen LogP) is 7.01. The fourth-order valence-electron chi connectivity index (χ4n) is 4.80. The molecule has 37 heavy (non-hydrogen) atoms. The quantitative estimate of drug-likeness (QED) is 0.341. The molecule has 2 aromatic carbocycles. The van der Waals surface area contributed by atoms with Crippen molar-refractivity contribution >= 4 is 11.7 Å². The molecule has 0 saturated heterocycles. The van der Waals surface area contributed by atoms with E-state index in [2.05, 4.69) is 15.7 Å². The minimum absolute atomic E-state index is 0.0616. The van der Waals surface area contributed by atoms with Gasteiger partial charge in [0.05, 0.1) is 23.3 Å². The van der Waals surface area contributed by atoms with Crippen molar-refractivity contribution in [1.82, 2.24) is 15.1 Å². The van der Waals surface area contributed by atoms with Crippen LogP contribution in [0.25, 0.3) is 0 Å². The molecule has 1 amide bonds. The van der Waals surface area contributed by atoms with E-state index >= 15 is 0 Å². The average Bonchev–Trinajstić information content (AvgIpc) is 3.30. The first-order valence-corrected chi connectivity index (χ1v) is 11.9. The summed E-state index contributed by atoms with van der Waals surface area (Å²) in [7, 11) is 0. The van der Waals surface area contributed by atoms with E-state index in [1.165, 1.54) is 12.1 Å². The smallest absolute Gasteiger partial charge is 0.363 e. The summed E-state index contributed by atoms with van der Waals surface area (Å²) >= 11 is 0. The molecule has 2 heterocycles. The Balaban J connectivity index is 1.68. The van der Waals surface area contributed by atoms with Crippen molar-refractivity contribution in [3.63, 3.8) is 0 Å². The highest BCUT2D eigenvalue weighted by atomic mass is 19.4. The first-order valence-electron chi connectivity index (χ1n) is 11.9. The van der Waals surface area contributed by atoms with Crippen molar-refractivity contribution in [2.45, 2.75) is 63.1 Å². The van der Waals surface area contributed by atoms with Gasteiger partial charge >= 0.3 is 12.4 Å². The maximum Gasteiger partial charge on any atom is 0.416 e. The number of benzene rings is 2. The normalized spacial score (nSPS) is 18.2. The molecule has 0 fully saturated rings. The number of rotatable bonds is 6. The molecule has 0 aliphatic carbocycles. The molecule has 0 saturated carbocycles. The monoisotopic (exact) mass is 524 g/mol. The topological polar surface area (TPSA) is 59.0 Å². The first kappa shape index (κ1) is 26.6. The first-order chi connectivity index (χ1) is 17.4. The highest BCUT2D eigenvalue weighted by Crippen LogP contribution is 2.44. The SMILES string of the molecule is CCC(CC)(NC(=O)c1cnn2c1NC(c1ccccc1)CC2C(F)(F)F)c1ccc(C(F)(F)F)cc1. The fourth-order valence-corrected chi connectivity index (χ4v) is 4.80. The van der Waals surface area contributed by atoms with Gasteiger partial charge in [0.25, 0.3) is 5.91 Å². The summed E-state index contributed by atoms with van der Waals surface area (Å²) in [5, 5.41) is 9.81. The third kappa shape index (κ3) is 5.17. The number of anilines is 1. The van der Waals surface area contributed by atoms with Gasteiger partial charge in [-0.1, -0.05) is 56.3 Å². The number of nitrogens with one attached hydrogen (secondary N) is 2. The lowest BCUT2D eigenvalue weighted by Crippen LogP contribution is -2.45. The van der Waals surface area contributed by atoms with E-state index < -0.39 is 41.4 Å². The molecule has 2 N–H and O–H groups in total. The number of carbonyl (C=O) groups is 1. The van der Waals surface area contributed by atoms with E-state index in [9.17, 15) is 31.1 Å². The maximum atomic E-state index is 14.0. The molecule has 0 radical (unpaired) electrons. The summed E-state index contributed by atoms with van der Waals surface area (Å²) in [6, 6.07) is 10.5. The molecule has 1 aromatic heterocycles. The van der Waals surface area contributed by atoms with Gasteiger partial charge in [-0.2, -0.15) is 31.4 Å². The second kappa shape index (κ2) is 9.75. The zero-order chi connectivity index (χ0) is 27.0. The second-order valence-corrected chi connectivity index (χ2v) is 9.07. The van der Waals surface area contributed by atoms with E-state index in [1.54, 1.807) is 44.2 Å². The number of amides is 1. The number of alkyl halides is 6. The molecule has 1 aliphatic heterocycles. The molecule has 0 bridgehead atoms. The number of carbonyl (C=O) groups excluding carboxylic acids is 1. The van der Waals surface area contributed by atoms with E-state index in [-0.39, 0.29) is 17.8 Å². The van der Waals surface area contributed by atoms with Crippen LogP contribution in [0.3, 0.4) is 0 Å². The summed E-state index contributed by atoms with van der Waals surface area (Å²) < 4.78 is 81.8. The minimum atomic E-state index is -4.60. The summed E-state index contributed by atoms with van der Waals surface area (Å²) in [6.45, 7) is 3.55. The zero-order valence-corrected chi connectivity index (χ0v) is 20.1. The van der Waals surface area contributed by atoms with Crippen LogP contribution in [0.5, 0.6) is 0 Å². The molecule has 0 spiro atoms. The maximum absolute atomic E-state index is 14.0. The number of hydrogen-bond acceptors (Lipinski definition) is 3. The zero-order valence-electron chi connectivity index (χ0n) is 20.1. The summed E-state index contributed by atoms with van der Waals surface area (Å²) in [5.41, 5.74) is -0.829. The molecule has 3 aromatic rings. The van der Waals surface area contributed by atoms with Crippen LogP contribution in [0.2, 0.25) is 0 Å². The lowest BCUT2D eigenvalue weighted by atomic mass is 9.84. The van der Waals surface area contributed by atoms with Gasteiger partial charge in [0.15, 0.2) is 6.04 Å². The van der Waals surface area contributed by atoms with Crippen molar-refractivity contribution < 1.29 is 31.1 Å². The minimum Gasteiger partial charge on any atom is -0.363 e. The van der Waals surface area contributed by atoms with Crippen molar-refractivity contribution in [3.8, 4) is 0 Å². The van der Waals surface area contributed by atoms with Gasteiger partial charge in [-0.15, -0.1) is 0 Å². The van der Waals surface area contributed by atoms with Crippen LogP contribution >= 0.6 is 0 Å². The lowest BCUT2D eigenvalue weighted by Gasteiger charge is -2.35. The molecular formula is C26H26F6N4O. The van der Waals surface area contributed by atoms with Crippen molar-refractivity contribution in [1.29, 1.82) is 0 Å². The third-order valence-electron chi connectivity index (χ3n) is 7.01. The molecule has 5 nitrogen and oxygen atoms in total. The highest BCUT2D eigenvalue weighted by Gasteiger charge is 2.47. The Hall–Kier alpha value is -3.50. The predicted molar refractivity (Wildman–Crippen MR) is 126 cm³/mol. The Morgan fingerprint density at radius 3 is 2.11 bits per heavy atom. The van der Waals surface area contributed by atoms with Crippen molar-refractivity contribution in [3.05, 3.63) is 83.0 Å². The molecule has 2 unspecified atom stereocenters. The van der Waals surface area contributed by atoms with Gasteiger partial charge in [0.2, 0.25) is 0 Å². The molecule has 4 rings (SSSR count). The highest BCUT2D eigenvalue weighted by molar-refractivity contribution is 5.99. The molecule has 2 atom stereocenters. The number of fused-ring (bicyclic) bond motifs is 1. The van der Waals surface area contributed by atoms with Crippen LogP contribution in [-0.2, 0) is 11.7 Å².